The number of nitrogens with one attached hydrogen (secondary N) is 1. The van der Waals surface area contributed by atoms with Crippen LogP contribution < -0.4 is 0 Å². The lowest BCUT2D eigenvalue weighted by atomic mass is 9.85. The lowest BCUT2D eigenvalue weighted by Gasteiger charge is -2.27. The number of aromatic nitrogens is 1. The highest BCUT2D eigenvalue weighted by atomic mass is 16.3. The molecule has 0 aliphatic heterocycles. The Morgan fingerprint density at radius 2 is 2.05 bits per heavy atom. The van der Waals surface area contributed by atoms with Crippen molar-refractivity contribution in [2.24, 2.45) is 0 Å². The number of H-pyrrole nitrogens is 1. The molecule has 0 fully saturated rings. The minimum atomic E-state index is -0.954. The van der Waals surface area contributed by atoms with Gasteiger partial charge < -0.3 is 15.2 Å². The topological polar surface area (TPSA) is 56.2 Å². The second-order valence-corrected chi connectivity index (χ2v) is 6.50. The summed E-state index contributed by atoms with van der Waals surface area (Å²) in [5.41, 5.74) is 3.62. The Bertz CT molecular complexity index is 643. The van der Waals surface area contributed by atoms with E-state index in [0.29, 0.717) is 0 Å². The molecule has 114 valence electrons. The third-order valence-electron chi connectivity index (χ3n) is 3.93. The maximum atomic E-state index is 10.2. The van der Waals surface area contributed by atoms with E-state index in [2.05, 4.69) is 43.1 Å². The van der Waals surface area contributed by atoms with E-state index in [1.165, 1.54) is 11.1 Å². The average molecular weight is 287 g/mol. The van der Waals surface area contributed by atoms with Crippen LogP contribution >= 0.6 is 0 Å². The number of hydrogen-bond acceptors (Lipinski definition) is 2. The van der Waals surface area contributed by atoms with Crippen molar-refractivity contribution in [2.75, 3.05) is 6.61 Å². The Balaban J connectivity index is 2.39. The van der Waals surface area contributed by atoms with E-state index in [1.54, 1.807) is 13.8 Å². The van der Waals surface area contributed by atoms with Crippen LogP contribution in [-0.2, 0) is 6.42 Å². The van der Waals surface area contributed by atoms with Crippen molar-refractivity contribution in [3.8, 4) is 0 Å². The number of allylic oxidation sites excluding steroid dienone is 2. The van der Waals surface area contributed by atoms with Gasteiger partial charge in [-0.3, -0.25) is 0 Å². The van der Waals surface area contributed by atoms with Crippen molar-refractivity contribution in [3.63, 3.8) is 0 Å². The van der Waals surface area contributed by atoms with E-state index in [9.17, 15) is 10.2 Å². The van der Waals surface area contributed by atoms with Crippen LogP contribution in [0.1, 0.15) is 44.7 Å². The number of rotatable bonds is 5. The Morgan fingerprint density at radius 1 is 1.33 bits per heavy atom. The van der Waals surface area contributed by atoms with Gasteiger partial charge in [-0.1, -0.05) is 23.8 Å². The molecule has 0 radical (unpaired) electrons. The number of aromatic amines is 1. The Kier molecular flexibility index (Phi) is 4.55. The first-order valence-electron chi connectivity index (χ1n) is 7.39. The molecule has 3 heteroatoms. The molecule has 0 saturated carbocycles. The molecule has 0 aliphatic carbocycles. The van der Waals surface area contributed by atoms with Gasteiger partial charge in [-0.25, -0.2) is 0 Å². The summed E-state index contributed by atoms with van der Waals surface area (Å²) in [5, 5.41) is 20.9. The molecule has 0 saturated heterocycles. The van der Waals surface area contributed by atoms with Crippen molar-refractivity contribution in [3.05, 3.63) is 47.2 Å². The molecule has 0 aliphatic rings. The fourth-order valence-corrected chi connectivity index (χ4v) is 2.64. The van der Waals surface area contributed by atoms with Gasteiger partial charge in [0.2, 0.25) is 0 Å². The van der Waals surface area contributed by atoms with Gasteiger partial charge in [0.15, 0.2) is 0 Å². The van der Waals surface area contributed by atoms with E-state index in [1.807, 2.05) is 6.20 Å². The molecule has 0 spiro atoms. The monoisotopic (exact) mass is 287 g/mol. The van der Waals surface area contributed by atoms with Gasteiger partial charge in [0.25, 0.3) is 0 Å². The number of aliphatic hydroxyl groups is 2. The predicted octanol–water partition coefficient (Wildman–Crippen LogP) is 3.52. The van der Waals surface area contributed by atoms with E-state index < -0.39 is 5.60 Å². The lowest BCUT2D eigenvalue weighted by molar-refractivity contribution is 0.0277. The molecule has 3 nitrogen and oxygen atoms in total. The van der Waals surface area contributed by atoms with E-state index in [-0.39, 0.29) is 12.5 Å². The zero-order valence-corrected chi connectivity index (χ0v) is 13.3. The van der Waals surface area contributed by atoms with Gasteiger partial charge in [0.05, 0.1) is 12.2 Å². The summed E-state index contributed by atoms with van der Waals surface area (Å²) < 4.78 is 0. The number of aliphatic hydroxyl groups excluding tert-OH is 1. The minimum Gasteiger partial charge on any atom is -0.396 e. The van der Waals surface area contributed by atoms with Gasteiger partial charge in [-0.2, -0.15) is 0 Å². The molecule has 1 aromatic carbocycles. The van der Waals surface area contributed by atoms with E-state index >= 15 is 0 Å². The third kappa shape index (κ3) is 3.55. The second-order valence-electron chi connectivity index (χ2n) is 6.50. The summed E-state index contributed by atoms with van der Waals surface area (Å²) in [6, 6.07) is 6.32. The van der Waals surface area contributed by atoms with Crippen molar-refractivity contribution >= 4 is 10.9 Å². The van der Waals surface area contributed by atoms with Crippen molar-refractivity contribution < 1.29 is 10.2 Å². The zero-order chi connectivity index (χ0) is 15.6. The quantitative estimate of drug-likeness (QED) is 0.737. The Hall–Kier alpha value is -1.58. The summed E-state index contributed by atoms with van der Waals surface area (Å²) >= 11 is 0. The van der Waals surface area contributed by atoms with Crippen LogP contribution in [0.2, 0.25) is 0 Å². The van der Waals surface area contributed by atoms with Crippen LogP contribution in [-0.4, -0.2) is 27.4 Å². The standard InChI is InChI=1S/C18H25NO2/c1-12(2)5-6-13-7-8-14-15(10-19-17(14)9-13)16(11-20)18(3,4)21/h5,7-10,16,19-21H,6,11H2,1-4H3/t16-/m0/s1. The van der Waals surface area contributed by atoms with Gasteiger partial charge in [-0.15, -0.1) is 0 Å². The van der Waals surface area contributed by atoms with Gasteiger partial charge in [0, 0.05) is 23.0 Å². The van der Waals surface area contributed by atoms with Gasteiger partial charge in [0.1, 0.15) is 0 Å². The summed E-state index contributed by atoms with van der Waals surface area (Å²) in [7, 11) is 0. The highest BCUT2D eigenvalue weighted by molar-refractivity contribution is 5.84. The van der Waals surface area contributed by atoms with Crippen molar-refractivity contribution in [1.29, 1.82) is 0 Å². The summed E-state index contributed by atoms with van der Waals surface area (Å²) in [5.74, 6) is -0.296. The zero-order valence-electron chi connectivity index (χ0n) is 13.3. The van der Waals surface area contributed by atoms with Gasteiger partial charge >= 0.3 is 0 Å². The van der Waals surface area contributed by atoms with E-state index in [4.69, 9.17) is 0 Å². The largest absolute Gasteiger partial charge is 0.396 e. The molecule has 2 aromatic rings. The van der Waals surface area contributed by atoms with Crippen molar-refractivity contribution in [2.45, 2.75) is 45.6 Å². The summed E-state index contributed by atoms with van der Waals surface area (Å²) in [6.07, 6.45) is 5.02. The molecule has 1 aromatic heterocycles. The fraction of sp³-hybridized carbons (Fsp3) is 0.444. The number of benzene rings is 1. The molecular formula is C18H25NO2. The average Bonchev–Trinajstić information content (AvgIpc) is 2.79. The Morgan fingerprint density at radius 3 is 2.62 bits per heavy atom. The summed E-state index contributed by atoms with van der Waals surface area (Å²) in [4.78, 5) is 3.26. The molecular weight excluding hydrogens is 262 g/mol. The SMILES string of the molecule is CC(C)=CCc1ccc2c([C@H](CO)C(C)(C)O)c[nH]c2c1. The van der Waals surface area contributed by atoms with Crippen LogP contribution in [0.3, 0.4) is 0 Å². The first-order chi connectivity index (χ1) is 9.82. The minimum absolute atomic E-state index is 0.0734. The first kappa shape index (κ1) is 15.8. The van der Waals surface area contributed by atoms with Crippen LogP contribution in [0.15, 0.2) is 36.0 Å². The van der Waals surface area contributed by atoms with Crippen LogP contribution in [0.25, 0.3) is 10.9 Å². The lowest BCUT2D eigenvalue weighted by Crippen LogP contribution is -2.31. The van der Waals surface area contributed by atoms with Crippen LogP contribution in [0.5, 0.6) is 0 Å². The highest BCUT2D eigenvalue weighted by Gasteiger charge is 2.29. The third-order valence-corrected chi connectivity index (χ3v) is 3.93. The molecule has 1 heterocycles. The number of fused-ring (bicyclic) bond motifs is 1. The predicted molar refractivity (Wildman–Crippen MR) is 87.6 cm³/mol. The van der Waals surface area contributed by atoms with E-state index in [0.717, 1.165) is 22.9 Å². The maximum Gasteiger partial charge on any atom is 0.0682 e. The maximum absolute atomic E-state index is 10.2. The smallest absolute Gasteiger partial charge is 0.0682 e. The molecule has 0 bridgehead atoms. The molecule has 21 heavy (non-hydrogen) atoms. The molecule has 0 amide bonds. The summed E-state index contributed by atoms with van der Waals surface area (Å²) in [6.45, 7) is 7.59. The molecule has 3 N–H and O–H groups in total. The van der Waals surface area contributed by atoms with Gasteiger partial charge in [-0.05, 0) is 51.3 Å². The van der Waals surface area contributed by atoms with Crippen LogP contribution in [0, 0.1) is 0 Å². The van der Waals surface area contributed by atoms with Crippen molar-refractivity contribution in [1.82, 2.24) is 4.98 Å². The van der Waals surface area contributed by atoms with Crippen LogP contribution in [0.4, 0.5) is 0 Å². The first-order valence-corrected chi connectivity index (χ1v) is 7.39. The second kappa shape index (κ2) is 6.04. The fourth-order valence-electron chi connectivity index (χ4n) is 2.64. The normalized spacial score (nSPS) is 13.4. The highest BCUT2D eigenvalue weighted by Crippen LogP contribution is 2.33. The molecule has 2 rings (SSSR count). The Labute approximate surface area is 126 Å². The molecule has 1 atom stereocenters. The number of hydrogen-bond donors (Lipinski definition) is 3. The molecule has 0 unspecified atom stereocenters.